The number of pyridine rings is 1. The molecule has 2 unspecified atom stereocenters. The van der Waals surface area contributed by atoms with E-state index in [9.17, 15) is 19.5 Å². The van der Waals surface area contributed by atoms with Crippen LogP contribution in [0.25, 0.3) is 0 Å². The molecule has 0 saturated heterocycles. The summed E-state index contributed by atoms with van der Waals surface area (Å²) in [6.45, 7) is 2.59. The van der Waals surface area contributed by atoms with Gasteiger partial charge in [0, 0.05) is 37.0 Å². The normalized spacial score (nSPS) is 12.6. The van der Waals surface area contributed by atoms with Gasteiger partial charge in [0.25, 0.3) is 0 Å². The van der Waals surface area contributed by atoms with E-state index in [0.717, 1.165) is 18.4 Å². The molecule has 2 aromatic rings. The molecule has 1 heterocycles. The van der Waals surface area contributed by atoms with Crippen molar-refractivity contribution in [3.8, 4) is 0 Å². The summed E-state index contributed by atoms with van der Waals surface area (Å²) in [4.78, 5) is 32.7. The van der Waals surface area contributed by atoms with E-state index in [1.807, 2.05) is 18.2 Å². The number of carboxylic acids is 2. The van der Waals surface area contributed by atoms with Gasteiger partial charge in [0.05, 0.1) is 6.10 Å². The number of aliphatic carboxylic acids is 2. The van der Waals surface area contributed by atoms with Crippen LogP contribution in [0.1, 0.15) is 30.6 Å². The number of hydrogen-bond donors (Lipinski definition) is 5. The van der Waals surface area contributed by atoms with E-state index >= 15 is 0 Å². The Hall–Kier alpha value is -3.23. The van der Waals surface area contributed by atoms with Crippen molar-refractivity contribution < 1.29 is 24.9 Å². The molecular formula is C21H26N2O6. The molecule has 2 rings (SSSR count). The highest BCUT2D eigenvalue weighted by Crippen LogP contribution is 2.10. The lowest BCUT2D eigenvalue weighted by Crippen LogP contribution is -2.31. The minimum Gasteiger partial charge on any atom is -0.478 e. The Morgan fingerprint density at radius 2 is 1.69 bits per heavy atom. The summed E-state index contributed by atoms with van der Waals surface area (Å²) in [7, 11) is 0. The smallest absolute Gasteiger partial charge is 0.328 e. The first kappa shape index (κ1) is 23.8. The van der Waals surface area contributed by atoms with Crippen molar-refractivity contribution in [2.75, 3.05) is 6.54 Å². The number of carbonyl (C=O) groups is 2. The van der Waals surface area contributed by atoms with Gasteiger partial charge in [-0.2, -0.15) is 0 Å². The first-order valence-electron chi connectivity index (χ1n) is 9.06. The highest BCUT2D eigenvalue weighted by atomic mass is 16.4. The van der Waals surface area contributed by atoms with Crippen molar-refractivity contribution >= 4 is 11.9 Å². The summed E-state index contributed by atoms with van der Waals surface area (Å²) in [6, 6.07) is 13.8. The van der Waals surface area contributed by atoms with Crippen molar-refractivity contribution in [3.63, 3.8) is 0 Å². The van der Waals surface area contributed by atoms with Crippen LogP contribution in [0.2, 0.25) is 0 Å². The molecule has 1 aromatic heterocycles. The van der Waals surface area contributed by atoms with E-state index < -0.39 is 18.0 Å². The summed E-state index contributed by atoms with van der Waals surface area (Å²) in [5.74, 6) is -2.51. The number of benzene rings is 1. The number of aryl methyl sites for hydroxylation is 1. The molecule has 0 saturated carbocycles. The summed E-state index contributed by atoms with van der Waals surface area (Å²) < 4.78 is 0. The first-order chi connectivity index (χ1) is 13.8. The van der Waals surface area contributed by atoms with Crippen LogP contribution in [0.4, 0.5) is 0 Å². The fourth-order valence-corrected chi connectivity index (χ4v) is 2.33. The van der Waals surface area contributed by atoms with Gasteiger partial charge in [-0.25, -0.2) is 9.59 Å². The van der Waals surface area contributed by atoms with Crippen LogP contribution in [0, 0.1) is 0 Å². The Labute approximate surface area is 168 Å². The Balaban J connectivity index is 0.000000447. The largest absolute Gasteiger partial charge is 0.478 e. The molecule has 0 amide bonds. The van der Waals surface area contributed by atoms with Crippen LogP contribution in [0.3, 0.4) is 0 Å². The molecule has 0 radical (unpaired) electrons. The third kappa shape index (κ3) is 11.3. The summed E-state index contributed by atoms with van der Waals surface area (Å²) in [5.41, 5.74) is 1.89. The molecule has 0 aliphatic carbocycles. The van der Waals surface area contributed by atoms with Gasteiger partial charge in [0.2, 0.25) is 5.56 Å². The lowest BCUT2D eigenvalue weighted by atomic mass is 10.1. The van der Waals surface area contributed by atoms with Gasteiger partial charge in [0.1, 0.15) is 0 Å². The average Bonchev–Trinajstić information content (AvgIpc) is 2.70. The van der Waals surface area contributed by atoms with E-state index in [1.165, 1.54) is 11.6 Å². The number of H-pyrrole nitrogens is 1. The highest BCUT2D eigenvalue weighted by molar-refractivity contribution is 5.89. The van der Waals surface area contributed by atoms with Gasteiger partial charge >= 0.3 is 11.9 Å². The monoisotopic (exact) mass is 402 g/mol. The number of aliphatic hydroxyl groups excluding tert-OH is 1. The minimum atomic E-state index is -1.26. The number of aromatic nitrogens is 1. The molecule has 5 N–H and O–H groups in total. The van der Waals surface area contributed by atoms with Gasteiger partial charge < -0.3 is 25.6 Å². The number of carboxylic acid groups (broad SMARTS) is 2. The van der Waals surface area contributed by atoms with E-state index in [0.29, 0.717) is 24.7 Å². The zero-order valence-electron chi connectivity index (χ0n) is 16.1. The third-order valence-corrected chi connectivity index (χ3v) is 3.93. The van der Waals surface area contributed by atoms with Gasteiger partial charge in [-0.15, -0.1) is 0 Å². The van der Waals surface area contributed by atoms with Crippen molar-refractivity contribution in [1.82, 2.24) is 10.3 Å². The lowest BCUT2D eigenvalue weighted by molar-refractivity contribution is -0.134. The van der Waals surface area contributed by atoms with Crippen LogP contribution < -0.4 is 10.9 Å². The maximum atomic E-state index is 11.0. The zero-order chi connectivity index (χ0) is 21.6. The predicted molar refractivity (Wildman–Crippen MR) is 109 cm³/mol. The highest BCUT2D eigenvalue weighted by Gasteiger charge is 2.09. The number of aromatic amines is 1. The van der Waals surface area contributed by atoms with Crippen LogP contribution >= 0.6 is 0 Å². The maximum Gasteiger partial charge on any atom is 0.328 e. The van der Waals surface area contributed by atoms with Crippen molar-refractivity contribution in [3.05, 3.63) is 82.3 Å². The predicted octanol–water partition coefficient (Wildman–Crippen LogP) is 1.73. The first-order valence-corrected chi connectivity index (χ1v) is 9.06. The molecule has 8 nitrogen and oxygen atoms in total. The Morgan fingerprint density at radius 3 is 2.21 bits per heavy atom. The van der Waals surface area contributed by atoms with Crippen molar-refractivity contribution in [2.45, 2.75) is 31.9 Å². The van der Waals surface area contributed by atoms with Gasteiger partial charge in [-0.3, -0.25) is 4.79 Å². The van der Waals surface area contributed by atoms with Crippen LogP contribution in [0.15, 0.2) is 65.6 Å². The lowest BCUT2D eigenvalue weighted by Gasteiger charge is -2.17. The summed E-state index contributed by atoms with van der Waals surface area (Å²) >= 11 is 0. The molecule has 8 heteroatoms. The Morgan fingerprint density at radius 1 is 1.07 bits per heavy atom. The summed E-state index contributed by atoms with van der Waals surface area (Å²) in [5, 5.41) is 29.0. The molecular weight excluding hydrogens is 376 g/mol. The quantitative estimate of drug-likeness (QED) is 0.402. The molecule has 0 bridgehead atoms. The van der Waals surface area contributed by atoms with Gasteiger partial charge in [-0.1, -0.05) is 30.3 Å². The maximum absolute atomic E-state index is 11.0. The van der Waals surface area contributed by atoms with Crippen molar-refractivity contribution in [2.24, 2.45) is 0 Å². The summed E-state index contributed by atoms with van der Waals surface area (Å²) in [6.07, 6.45) is 4.10. The Kier molecular flexibility index (Phi) is 10.7. The average molecular weight is 402 g/mol. The Bertz CT molecular complexity index is 811. The van der Waals surface area contributed by atoms with E-state index in [2.05, 4.69) is 29.4 Å². The van der Waals surface area contributed by atoms with Gasteiger partial charge in [0.15, 0.2) is 0 Å². The van der Waals surface area contributed by atoms with Crippen LogP contribution in [-0.2, 0) is 16.0 Å². The molecule has 0 aliphatic rings. The van der Waals surface area contributed by atoms with E-state index in [4.69, 9.17) is 10.2 Å². The number of rotatable bonds is 9. The van der Waals surface area contributed by atoms with Crippen LogP contribution in [0.5, 0.6) is 0 Å². The fourth-order valence-electron chi connectivity index (χ4n) is 2.33. The standard InChI is InChI=1S/C17H22N2O2.C4H4O4/c1-13(7-8-14-5-3-2-4-6-14)18-12-16(20)15-9-10-17(21)19-11-15;5-3(6)1-2-4(7)8/h2-6,9-11,13,16,18,20H,7-8,12H2,1H3,(H,19,21);1-2H,(H,5,6)(H,7,8)/b;2-1+. The molecule has 0 aliphatic heterocycles. The number of nitrogens with one attached hydrogen (secondary N) is 2. The number of hydrogen-bond acceptors (Lipinski definition) is 5. The molecule has 0 spiro atoms. The topological polar surface area (TPSA) is 140 Å². The SMILES string of the molecule is CC(CCc1ccccc1)NCC(O)c1ccc(=O)[nH]c1.O=C(O)/C=C/C(=O)O. The second-order valence-corrected chi connectivity index (χ2v) is 6.35. The van der Waals surface area contributed by atoms with Gasteiger partial charge in [-0.05, 0) is 37.0 Å². The molecule has 1 aromatic carbocycles. The van der Waals surface area contributed by atoms with E-state index in [1.54, 1.807) is 12.3 Å². The molecule has 156 valence electrons. The van der Waals surface area contributed by atoms with Crippen LogP contribution in [-0.4, -0.2) is 44.8 Å². The molecule has 2 atom stereocenters. The fraction of sp³-hybridized carbons (Fsp3) is 0.286. The molecule has 0 fully saturated rings. The number of aliphatic hydroxyl groups is 1. The molecule has 29 heavy (non-hydrogen) atoms. The second kappa shape index (κ2) is 13.0. The van der Waals surface area contributed by atoms with E-state index in [-0.39, 0.29) is 5.56 Å². The van der Waals surface area contributed by atoms with Crippen molar-refractivity contribution in [1.29, 1.82) is 0 Å². The third-order valence-electron chi connectivity index (χ3n) is 3.93. The zero-order valence-corrected chi connectivity index (χ0v) is 16.1. The second-order valence-electron chi connectivity index (χ2n) is 6.35. The minimum absolute atomic E-state index is 0.157.